The molecule has 0 bridgehead atoms. The minimum atomic E-state index is 0. The van der Waals surface area contributed by atoms with Crippen LogP contribution in [-0.4, -0.2) is 10.2 Å². The fourth-order valence-corrected chi connectivity index (χ4v) is 0.453. The summed E-state index contributed by atoms with van der Waals surface area (Å²) in [4.78, 5) is 0. The van der Waals surface area contributed by atoms with E-state index < -0.39 is 0 Å². The Balaban J connectivity index is -0.0000000800. The fraction of sp³-hybridized carbons (Fsp3) is 0. The van der Waals surface area contributed by atoms with Gasteiger partial charge < -0.3 is 13.1 Å². The van der Waals surface area contributed by atoms with Gasteiger partial charge in [0, 0.05) is 0 Å². The van der Waals surface area contributed by atoms with Gasteiger partial charge in [-0.2, -0.15) is 0 Å². The van der Waals surface area contributed by atoms with E-state index in [0.717, 1.165) is 0 Å². The van der Waals surface area contributed by atoms with Crippen molar-refractivity contribution in [3.8, 4) is 11.5 Å². The van der Waals surface area contributed by atoms with Crippen molar-refractivity contribution in [1.29, 1.82) is 0 Å². The molecule has 2 nitrogen and oxygen atoms in total. The van der Waals surface area contributed by atoms with Crippen molar-refractivity contribution in [3.63, 3.8) is 0 Å². The Hall–Kier alpha value is 0.820. The molecule has 0 spiro atoms. The minimum absolute atomic E-state index is 0. The predicted octanol–water partition coefficient (Wildman–Crippen LogP) is -4.67. The molecule has 2 N–H and O–H groups in total. The molecule has 0 saturated heterocycles. The van der Waals surface area contributed by atoms with Gasteiger partial charge >= 0.3 is 59.1 Å². The third-order valence-corrected chi connectivity index (χ3v) is 0.850. The average Bonchev–Trinajstić information content (AvgIpc) is 1.77. The second kappa shape index (κ2) is 6.53. The van der Waals surface area contributed by atoms with Gasteiger partial charge in [0.2, 0.25) is 0 Å². The molecule has 1 aromatic carbocycles. The first-order valence-electron chi connectivity index (χ1n) is 2.27. The average molecular weight is 158 g/mol. The monoisotopic (exact) mass is 158 g/mol. The van der Waals surface area contributed by atoms with Gasteiger partial charge in [-0.1, -0.05) is 0 Å². The molecule has 0 fully saturated rings. The van der Waals surface area contributed by atoms with Crippen LogP contribution in [0.25, 0.3) is 0 Å². The largest absolute Gasteiger partial charge is 1.00 e. The number of benzene rings is 1. The van der Waals surface area contributed by atoms with E-state index in [1.807, 2.05) is 0 Å². The number of rotatable bonds is 0. The Labute approximate surface area is 107 Å². The maximum Gasteiger partial charge on any atom is 1.00 e. The summed E-state index contributed by atoms with van der Waals surface area (Å²) in [6.07, 6.45) is 0. The molecular formula is C6H8Na2O2. The first-order chi connectivity index (χ1) is 3.79. The molecule has 1 aromatic rings. The molecule has 0 unspecified atom stereocenters. The van der Waals surface area contributed by atoms with Crippen molar-refractivity contribution >= 4 is 0 Å². The summed E-state index contributed by atoms with van der Waals surface area (Å²) in [5.41, 5.74) is 0. The number of aromatic hydroxyl groups is 2. The molecule has 4 heteroatoms. The SMILES string of the molecule is Oc1ccc(O)cc1.[H-].[H-].[Na+].[Na+]. The van der Waals surface area contributed by atoms with Gasteiger partial charge in [-0.25, -0.2) is 0 Å². The van der Waals surface area contributed by atoms with Crippen LogP contribution in [0.15, 0.2) is 24.3 Å². The van der Waals surface area contributed by atoms with Crippen molar-refractivity contribution in [2.24, 2.45) is 0 Å². The van der Waals surface area contributed by atoms with Crippen molar-refractivity contribution in [2.75, 3.05) is 0 Å². The van der Waals surface area contributed by atoms with Crippen molar-refractivity contribution in [1.82, 2.24) is 0 Å². The van der Waals surface area contributed by atoms with E-state index in [1.165, 1.54) is 24.3 Å². The topological polar surface area (TPSA) is 40.5 Å². The van der Waals surface area contributed by atoms with E-state index in [4.69, 9.17) is 10.2 Å². The molecule has 0 heterocycles. The smallest absolute Gasteiger partial charge is 1.00 e. The molecule has 0 aliphatic rings. The Kier molecular flexibility index (Phi) is 8.75. The zero-order valence-electron chi connectivity index (χ0n) is 8.20. The maximum atomic E-state index is 8.65. The predicted molar refractivity (Wildman–Crippen MR) is 32.0 cm³/mol. The van der Waals surface area contributed by atoms with Crippen molar-refractivity contribution < 1.29 is 72.2 Å². The van der Waals surface area contributed by atoms with Crippen LogP contribution in [0, 0.1) is 0 Å². The summed E-state index contributed by atoms with van der Waals surface area (Å²) in [6, 6.07) is 5.70. The van der Waals surface area contributed by atoms with Crippen molar-refractivity contribution in [3.05, 3.63) is 24.3 Å². The summed E-state index contributed by atoms with van der Waals surface area (Å²) >= 11 is 0. The van der Waals surface area contributed by atoms with Crippen LogP contribution in [0.5, 0.6) is 11.5 Å². The number of hydrogen-bond donors (Lipinski definition) is 2. The Bertz CT molecular complexity index is 160. The Morgan fingerprint density at radius 3 is 1.20 bits per heavy atom. The third kappa shape index (κ3) is 4.61. The number of hydrogen-bond acceptors (Lipinski definition) is 2. The van der Waals surface area contributed by atoms with E-state index in [1.54, 1.807) is 0 Å². The number of phenols is 2. The summed E-state index contributed by atoms with van der Waals surface area (Å²) in [6.45, 7) is 0. The van der Waals surface area contributed by atoms with Gasteiger partial charge in [-0.3, -0.25) is 0 Å². The molecule has 0 atom stereocenters. The zero-order valence-corrected chi connectivity index (χ0v) is 10.2. The summed E-state index contributed by atoms with van der Waals surface area (Å²) in [7, 11) is 0. The zero-order chi connectivity index (χ0) is 5.98. The number of phenolic OH excluding ortho intramolecular Hbond substituents is 2. The molecular weight excluding hydrogens is 150 g/mol. The van der Waals surface area contributed by atoms with Crippen LogP contribution in [-0.2, 0) is 0 Å². The van der Waals surface area contributed by atoms with Gasteiger partial charge in [-0.05, 0) is 24.3 Å². The van der Waals surface area contributed by atoms with E-state index in [0.29, 0.717) is 0 Å². The van der Waals surface area contributed by atoms with E-state index >= 15 is 0 Å². The molecule has 10 heavy (non-hydrogen) atoms. The summed E-state index contributed by atoms with van der Waals surface area (Å²) in [5.74, 6) is 0.339. The van der Waals surface area contributed by atoms with Gasteiger partial charge in [0.25, 0.3) is 0 Å². The van der Waals surface area contributed by atoms with Gasteiger partial charge in [-0.15, -0.1) is 0 Å². The summed E-state index contributed by atoms with van der Waals surface area (Å²) < 4.78 is 0. The first-order valence-corrected chi connectivity index (χ1v) is 2.27. The molecule has 46 valence electrons. The van der Waals surface area contributed by atoms with Gasteiger partial charge in [0.1, 0.15) is 11.5 Å². The van der Waals surface area contributed by atoms with Crippen LogP contribution < -0.4 is 59.1 Å². The molecule has 0 aliphatic carbocycles. The van der Waals surface area contributed by atoms with Gasteiger partial charge in [0.05, 0.1) is 0 Å². The van der Waals surface area contributed by atoms with Crippen LogP contribution >= 0.6 is 0 Å². The normalized spacial score (nSPS) is 7.20. The van der Waals surface area contributed by atoms with Crippen LogP contribution in [0.2, 0.25) is 0 Å². The third-order valence-electron chi connectivity index (χ3n) is 0.850. The first kappa shape index (κ1) is 13.4. The second-order valence-corrected chi connectivity index (χ2v) is 1.52. The fourth-order valence-electron chi connectivity index (χ4n) is 0.453. The summed E-state index contributed by atoms with van der Waals surface area (Å²) in [5, 5.41) is 17.3. The van der Waals surface area contributed by atoms with Crippen molar-refractivity contribution in [2.45, 2.75) is 0 Å². The quantitative estimate of drug-likeness (QED) is 0.294. The molecule has 0 saturated carbocycles. The van der Waals surface area contributed by atoms with E-state index in [9.17, 15) is 0 Å². The van der Waals surface area contributed by atoms with Crippen LogP contribution in [0.1, 0.15) is 2.85 Å². The second-order valence-electron chi connectivity index (χ2n) is 1.52. The molecule has 0 aromatic heterocycles. The molecule has 1 rings (SSSR count). The Morgan fingerprint density at radius 2 is 1.00 bits per heavy atom. The Morgan fingerprint density at radius 1 is 0.800 bits per heavy atom. The maximum absolute atomic E-state index is 8.65. The molecule has 0 radical (unpaired) electrons. The minimum Gasteiger partial charge on any atom is -1.00 e. The van der Waals surface area contributed by atoms with Crippen LogP contribution in [0.4, 0.5) is 0 Å². The molecule has 0 aliphatic heterocycles. The standard InChI is InChI=1S/C6H6O2.2Na.2H/c7-5-1-2-6(8)4-3-5;;;;/h1-4,7-8H;;;;/q;2*+1;2*-1. The van der Waals surface area contributed by atoms with E-state index in [2.05, 4.69) is 0 Å². The molecule has 0 amide bonds. The van der Waals surface area contributed by atoms with Gasteiger partial charge in [0.15, 0.2) is 0 Å². The van der Waals surface area contributed by atoms with Crippen LogP contribution in [0.3, 0.4) is 0 Å². The van der Waals surface area contributed by atoms with E-state index in [-0.39, 0.29) is 73.5 Å².